The highest BCUT2D eigenvalue weighted by Crippen LogP contribution is 2.39. The van der Waals surface area contributed by atoms with Crippen molar-refractivity contribution in [1.29, 1.82) is 0 Å². The van der Waals surface area contributed by atoms with Gasteiger partial charge in [-0.05, 0) is 54.9 Å². The Morgan fingerprint density at radius 3 is 2.25 bits per heavy atom. The van der Waals surface area contributed by atoms with Crippen molar-refractivity contribution < 1.29 is 5.32 Å². The number of rotatable bonds is 1. The van der Waals surface area contributed by atoms with Crippen LogP contribution < -0.4 is 5.32 Å². The highest BCUT2D eigenvalue weighted by Gasteiger charge is 2.32. The third-order valence-electron chi connectivity index (χ3n) is 7.91. The van der Waals surface area contributed by atoms with Crippen LogP contribution >= 0.6 is 0 Å². The van der Waals surface area contributed by atoms with Gasteiger partial charge in [0, 0.05) is 17.3 Å². The van der Waals surface area contributed by atoms with Crippen LogP contribution in [0.1, 0.15) is 112 Å². The van der Waals surface area contributed by atoms with Gasteiger partial charge in [-0.3, -0.25) is 0 Å². The summed E-state index contributed by atoms with van der Waals surface area (Å²) in [6.45, 7) is 2.45. The topological polar surface area (TPSA) is 21.5 Å². The molecule has 0 amide bonds. The lowest BCUT2D eigenvalue weighted by atomic mass is 9.86. The normalized spacial score (nSPS) is 25.1. The van der Waals surface area contributed by atoms with Gasteiger partial charge >= 0.3 is 0 Å². The van der Waals surface area contributed by atoms with Crippen molar-refractivity contribution in [3.63, 3.8) is 0 Å². The van der Waals surface area contributed by atoms with Crippen LogP contribution in [-0.4, -0.2) is 11.1 Å². The fraction of sp³-hybridized carbons (Fsp3) is 0.692. The van der Waals surface area contributed by atoms with E-state index in [0.29, 0.717) is 0 Å². The smallest absolute Gasteiger partial charge is 0.127 e. The minimum Gasteiger partial charge on any atom is -0.337 e. The molecule has 0 spiro atoms. The van der Waals surface area contributed by atoms with Crippen LogP contribution in [0.4, 0.5) is 0 Å². The van der Waals surface area contributed by atoms with Gasteiger partial charge in [0.25, 0.3) is 0 Å². The van der Waals surface area contributed by atoms with Gasteiger partial charge in [-0.15, -0.1) is 0 Å². The zero-order valence-electron chi connectivity index (χ0n) is 17.7. The Labute approximate surface area is 171 Å². The Morgan fingerprint density at radius 1 is 0.786 bits per heavy atom. The summed E-state index contributed by atoms with van der Waals surface area (Å²) in [6.07, 6.45) is 19.9. The Morgan fingerprint density at radius 2 is 1.50 bits per heavy atom. The SMILES string of the molecule is c1cc2c(cc1C1CCCCCCCCCCC1)c1c3n2CC[NH2+][C@H]3CCC1. The number of benzene rings is 1. The summed E-state index contributed by atoms with van der Waals surface area (Å²) in [7, 11) is 0. The predicted molar refractivity (Wildman–Crippen MR) is 118 cm³/mol. The molecule has 0 unspecified atom stereocenters. The van der Waals surface area contributed by atoms with Crippen molar-refractivity contribution in [3.8, 4) is 0 Å². The van der Waals surface area contributed by atoms with Crippen LogP contribution in [-0.2, 0) is 13.0 Å². The number of quaternary nitrogens is 1. The second kappa shape index (κ2) is 8.61. The molecule has 5 rings (SSSR count). The zero-order valence-corrected chi connectivity index (χ0v) is 17.7. The number of nitrogens with zero attached hydrogens (tertiary/aromatic N) is 1. The molecule has 0 saturated heterocycles. The summed E-state index contributed by atoms with van der Waals surface area (Å²) in [6, 6.07) is 8.35. The third kappa shape index (κ3) is 3.65. The van der Waals surface area contributed by atoms with E-state index in [0.717, 1.165) is 12.0 Å². The van der Waals surface area contributed by atoms with E-state index in [1.807, 2.05) is 0 Å². The molecule has 0 bridgehead atoms. The number of hydrogen-bond acceptors (Lipinski definition) is 0. The Bertz CT molecular complexity index is 788. The molecule has 152 valence electrons. The number of aryl methyl sites for hydroxylation is 1. The average Bonchev–Trinajstić information content (AvgIpc) is 3.04. The molecule has 2 N–H and O–H groups in total. The molecule has 3 aliphatic rings. The van der Waals surface area contributed by atoms with Gasteiger partial charge in [0.05, 0.1) is 18.8 Å². The maximum atomic E-state index is 2.68. The molecule has 1 aromatic heterocycles. The molecule has 1 aromatic carbocycles. The average molecular weight is 380 g/mol. The van der Waals surface area contributed by atoms with Crippen LogP contribution in [0.3, 0.4) is 0 Å². The van der Waals surface area contributed by atoms with Crippen LogP contribution in [0.25, 0.3) is 10.9 Å². The molecular weight excluding hydrogens is 340 g/mol. The van der Waals surface area contributed by atoms with E-state index in [9.17, 15) is 0 Å². The van der Waals surface area contributed by atoms with E-state index < -0.39 is 0 Å². The Balaban J connectivity index is 1.44. The number of aromatic nitrogens is 1. The molecule has 1 fully saturated rings. The van der Waals surface area contributed by atoms with Crippen molar-refractivity contribution >= 4 is 10.9 Å². The summed E-state index contributed by atoms with van der Waals surface area (Å²) >= 11 is 0. The fourth-order valence-electron chi connectivity index (χ4n) is 6.41. The van der Waals surface area contributed by atoms with Crippen molar-refractivity contribution in [3.05, 3.63) is 35.0 Å². The second-order valence-corrected chi connectivity index (χ2v) is 9.77. The van der Waals surface area contributed by atoms with Gasteiger partial charge in [-0.1, -0.05) is 63.9 Å². The van der Waals surface area contributed by atoms with E-state index in [1.54, 1.807) is 22.2 Å². The summed E-state index contributed by atoms with van der Waals surface area (Å²) in [5.41, 5.74) is 6.57. The van der Waals surface area contributed by atoms with Crippen LogP contribution in [0, 0.1) is 0 Å². The first-order valence-corrected chi connectivity index (χ1v) is 12.4. The predicted octanol–water partition coefficient (Wildman–Crippen LogP) is 5.98. The molecule has 2 heterocycles. The minimum absolute atomic E-state index is 0.731. The van der Waals surface area contributed by atoms with E-state index in [2.05, 4.69) is 28.1 Å². The van der Waals surface area contributed by atoms with Gasteiger partial charge in [-0.2, -0.15) is 0 Å². The van der Waals surface area contributed by atoms with Gasteiger partial charge in [0.15, 0.2) is 0 Å². The lowest BCUT2D eigenvalue weighted by Crippen LogP contribution is -2.88. The summed E-state index contributed by atoms with van der Waals surface area (Å²) in [4.78, 5) is 0. The quantitative estimate of drug-likeness (QED) is 0.629. The highest BCUT2D eigenvalue weighted by molar-refractivity contribution is 5.87. The molecule has 28 heavy (non-hydrogen) atoms. The Kier molecular flexibility index (Phi) is 5.76. The molecule has 1 saturated carbocycles. The van der Waals surface area contributed by atoms with Crippen molar-refractivity contribution in [2.45, 2.75) is 108 Å². The third-order valence-corrected chi connectivity index (χ3v) is 7.91. The molecule has 0 radical (unpaired) electrons. The summed E-state index contributed by atoms with van der Waals surface area (Å²) < 4.78 is 2.68. The molecular formula is C26H39N2+. The van der Waals surface area contributed by atoms with Gasteiger partial charge < -0.3 is 9.88 Å². The standard InChI is InChI=1S/C26H38N2/c1-2-4-6-8-11-20(12-9-7-5-3-1)21-15-16-25-23(19-21)22-13-10-14-24-26(22)28(25)18-17-27-24/h15-16,19-20,24,27H,1-14,17-18H2/p+1/t24-/m0/s1. The van der Waals surface area contributed by atoms with E-state index >= 15 is 0 Å². The van der Waals surface area contributed by atoms with Crippen molar-refractivity contribution in [2.24, 2.45) is 0 Å². The maximum absolute atomic E-state index is 2.68. The fourth-order valence-corrected chi connectivity index (χ4v) is 6.41. The van der Waals surface area contributed by atoms with E-state index in [1.165, 1.54) is 108 Å². The lowest BCUT2D eigenvalue weighted by Gasteiger charge is -2.27. The number of fused-ring (bicyclic) bond motifs is 3. The van der Waals surface area contributed by atoms with E-state index in [-0.39, 0.29) is 0 Å². The first kappa shape index (κ1) is 18.7. The molecule has 1 aliphatic heterocycles. The second-order valence-electron chi connectivity index (χ2n) is 9.77. The highest BCUT2D eigenvalue weighted by atomic mass is 15.1. The van der Waals surface area contributed by atoms with Crippen LogP contribution in [0.2, 0.25) is 0 Å². The van der Waals surface area contributed by atoms with Crippen molar-refractivity contribution in [1.82, 2.24) is 4.57 Å². The first-order chi connectivity index (χ1) is 13.9. The molecule has 2 heteroatoms. The summed E-state index contributed by atoms with van der Waals surface area (Å²) in [5.74, 6) is 0.791. The van der Waals surface area contributed by atoms with Crippen LogP contribution in [0.15, 0.2) is 18.2 Å². The molecule has 2 nitrogen and oxygen atoms in total. The summed E-state index contributed by atoms with van der Waals surface area (Å²) in [5, 5.41) is 4.21. The first-order valence-electron chi connectivity index (χ1n) is 12.4. The maximum Gasteiger partial charge on any atom is 0.127 e. The molecule has 2 aromatic rings. The molecule has 2 aliphatic carbocycles. The number of hydrogen-bond donors (Lipinski definition) is 1. The zero-order chi connectivity index (χ0) is 18.8. The van der Waals surface area contributed by atoms with E-state index in [4.69, 9.17) is 0 Å². The number of nitrogens with two attached hydrogens (primary N) is 1. The van der Waals surface area contributed by atoms with Crippen LogP contribution in [0.5, 0.6) is 0 Å². The Hall–Kier alpha value is -1.28. The van der Waals surface area contributed by atoms with Gasteiger partial charge in [-0.25, -0.2) is 0 Å². The van der Waals surface area contributed by atoms with Gasteiger partial charge in [0.1, 0.15) is 6.04 Å². The monoisotopic (exact) mass is 379 g/mol. The van der Waals surface area contributed by atoms with Crippen molar-refractivity contribution in [2.75, 3.05) is 6.54 Å². The van der Waals surface area contributed by atoms with Gasteiger partial charge in [0.2, 0.25) is 0 Å². The largest absolute Gasteiger partial charge is 0.337 e. The lowest BCUT2D eigenvalue weighted by molar-refractivity contribution is -0.704. The molecule has 1 atom stereocenters. The minimum atomic E-state index is 0.731.